The first-order chi connectivity index (χ1) is 14.8. The SMILES string of the molecule is O=C(O)C[C@@H]1OC(=O)[C@H](CC(=O)O)OC1=O.O=C(O)C[C@H]1OC(=O)[C@@H](CC(=O)O)OC1=O. The molecule has 0 amide bonds. The molecule has 0 saturated carbocycles. The summed E-state index contributed by atoms with van der Waals surface area (Å²) < 4.78 is 17.9. The summed E-state index contributed by atoms with van der Waals surface area (Å²) in [4.78, 5) is 85.6. The average molecular weight is 464 g/mol. The molecule has 176 valence electrons. The quantitative estimate of drug-likeness (QED) is 0.214. The maximum Gasteiger partial charge on any atom is 0.348 e. The Balaban J connectivity index is 0.000000320. The van der Waals surface area contributed by atoms with Crippen LogP contribution >= 0.6 is 0 Å². The van der Waals surface area contributed by atoms with Crippen molar-refractivity contribution in [2.24, 2.45) is 0 Å². The summed E-state index contributed by atoms with van der Waals surface area (Å²) in [6.07, 6.45) is -8.83. The van der Waals surface area contributed by atoms with Gasteiger partial charge >= 0.3 is 47.8 Å². The van der Waals surface area contributed by atoms with E-state index in [9.17, 15) is 38.4 Å². The molecule has 4 N–H and O–H groups in total. The number of carbonyl (C=O) groups is 8. The third kappa shape index (κ3) is 8.25. The second-order valence-corrected chi connectivity index (χ2v) is 6.09. The Morgan fingerprint density at radius 1 is 0.469 bits per heavy atom. The van der Waals surface area contributed by atoms with Gasteiger partial charge in [-0.15, -0.1) is 0 Å². The number of hydrogen-bond donors (Lipinski definition) is 4. The van der Waals surface area contributed by atoms with Crippen molar-refractivity contribution in [3.63, 3.8) is 0 Å². The number of carboxylic acids is 4. The van der Waals surface area contributed by atoms with Gasteiger partial charge in [0, 0.05) is 0 Å². The van der Waals surface area contributed by atoms with Gasteiger partial charge in [-0.25, -0.2) is 19.2 Å². The van der Waals surface area contributed by atoms with Gasteiger partial charge in [0.05, 0.1) is 25.7 Å². The van der Waals surface area contributed by atoms with E-state index >= 15 is 0 Å². The van der Waals surface area contributed by atoms with E-state index in [0.717, 1.165) is 0 Å². The number of esters is 4. The van der Waals surface area contributed by atoms with Crippen LogP contribution in [-0.2, 0) is 57.3 Å². The van der Waals surface area contributed by atoms with E-state index in [2.05, 4.69) is 18.9 Å². The Morgan fingerprint density at radius 2 is 0.625 bits per heavy atom. The fraction of sp³-hybridized carbons (Fsp3) is 0.500. The van der Waals surface area contributed by atoms with E-state index in [0.29, 0.717) is 0 Å². The van der Waals surface area contributed by atoms with Crippen LogP contribution < -0.4 is 0 Å². The van der Waals surface area contributed by atoms with Crippen LogP contribution in [0.4, 0.5) is 0 Å². The number of cyclic esters (lactones) is 4. The van der Waals surface area contributed by atoms with E-state index < -0.39 is 97.9 Å². The number of carboxylic acid groups (broad SMARTS) is 4. The normalized spacial score (nSPS) is 24.5. The smallest absolute Gasteiger partial charge is 0.348 e. The van der Waals surface area contributed by atoms with E-state index in [-0.39, 0.29) is 0 Å². The van der Waals surface area contributed by atoms with E-state index in [4.69, 9.17) is 20.4 Å². The summed E-state index contributed by atoms with van der Waals surface area (Å²) >= 11 is 0. The first-order valence-electron chi connectivity index (χ1n) is 8.49. The van der Waals surface area contributed by atoms with Gasteiger partial charge in [0.2, 0.25) is 24.4 Å². The van der Waals surface area contributed by atoms with Crippen LogP contribution in [0.5, 0.6) is 0 Å². The number of rotatable bonds is 8. The second kappa shape index (κ2) is 11.2. The van der Waals surface area contributed by atoms with Crippen LogP contribution in [0, 0.1) is 0 Å². The maximum absolute atomic E-state index is 11.1. The third-order valence-electron chi connectivity index (χ3n) is 3.53. The van der Waals surface area contributed by atoms with Crippen molar-refractivity contribution in [3.05, 3.63) is 0 Å². The fourth-order valence-electron chi connectivity index (χ4n) is 2.19. The monoisotopic (exact) mass is 464 g/mol. The number of aliphatic carboxylic acids is 4. The molecule has 0 aromatic heterocycles. The Hall–Kier alpha value is -4.24. The van der Waals surface area contributed by atoms with Gasteiger partial charge in [0.25, 0.3) is 0 Å². The van der Waals surface area contributed by atoms with Crippen LogP contribution in [0.15, 0.2) is 0 Å². The molecule has 0 radical (unpaired) electrons. The summed E-state index contributed by atoms with van der Waals surface area (Å²) in [5.41, 5.74) is 0. The van der Waals surface area contributed by atoms with Crippen LogP contribution in [0.3, 0.4) is 0 Å². The molecule has 0 spiro atoms. The summed E-state index contributed by atoms with van der Waals surface area (Å²) in [5.74, 6) is -9.50. The molecule has 2 aliphatic rings. The fourth-order valence-corrected chi connectivity index (χ4v) is 2.19. The molecule has 0 aromatic carbocycles. The molecule has 4 atom stereocenters. The van der Waals surface area contributed by atoms with Gasteiger partial charge in [-0.2, -0.15) is 0 Å². The third-order valence-corrected chi connectivity index (χ3v) is 3.53. The number of ether oxygens (including phenoxy) is 4. The highest BCUT2D eigenvalue weighted by Crippen LogP contribution is 2.16. The molecule has 2 saturated heterocycles. The molecule has 32 heavy (non-hydrogen) atoms. The lowest BCUT2D eigenvalue weighted by Gasteiger charge is -2.25. The minimum absolute atomic E-state index is 0.704. The van der Waals surface area contributed by atoms with Gasteiger partial charge in [0.1, 0.15) is 0 Å². The van der Waals surface area contributed by atoms with Gasteiger partial charge in [-0.05, 0) is 0 Å². The molecular formula is C16H16O16. The molecular weight excluding hydrogens is 448 g/mol. The van der Waals surface area contributed by atoms with Crippen molar-refractivity contribution in [2.45, 2.75) is 50.1 Å². The van der Waals surface area contributed by atoms with E-state index in [1.165, 1.54) is 0 Å². The number of hydrogen-bond acceptors (Lipinski definition) is 12. The maximum atomic E-state index is 11.1. The van der Waals surface area contributed by atoms with Crippen molar-refractivity contribution in [2.75, 3.05) is 0 Å². The van der Waals surface area contributed by atoms with Crippen molar-refractivity contribution in [1.29, 1.82) is 0 Å². The lowest BCUT2D eigenvalue weighted by Crippen LogP contribution is -2.45. The van der Waals surface area contributed by atoms with Gasteiger partial charge in [-0.3, -0.25) is 19.2 Å². The zero-order valence-electron chi connectivity index (χ0n) is 15.8. The molecule has 0 bridgehead atoms. The van der Waals surface area contributed by atoms with Crippen LogP contribution in [-0.4, -0.2) is 92.6 Å². The highest BCUT2D eigenvalue weighted by Gasteiger charge is 2.41. The van der Waals surface area contributed by atoms with Crippen molar-refractivity contribution in [3.8, 4) is 0 Å². The van der Waals surface area contributed by atoms with Gasteiger partial charge in [-0.1, -0.05) is 0 Å². The average Bonchev–Trinajstić information content (AvgIpc) is 2.62. The van der Waals surface area contributed by atoms with Crippen molar-refractivity contribution < 1.29 is 77.7 Å². The summed E-state index contributed by atoms with van der Waals surface area (Å²) in [6, 6.07) is 0. The molecule has 0 unspecified atom stereocenters. The molecule has 16 heteroatoms. The van der Waals surface area contributed by atoms with Crippen molar-refractivity contribution >= 4 is 47.8 Å². The Labute approximate surface area is 176 Å². The van der Waals surface area contributed by atoms with Gasteiger partial charge < -0.3 is 39.4 Å². The highest BCUT2D eigenvalue weighted by atomic mass is 16.7. The minimum Gasteiger partial charge on any atom is -0.481 e. The van der Waals surface area contributed by atoms with Crippen LogP contribution in [0.2, 0.25) is 0 Å². The predicted octanol–water partition coefficient (Wildman–Crippen LogP) is -2.45. The molecule has 0 aliphatic carbocycles. The molecule has 2 fully saturated rings. The zero-order chi connectivity index (χ0) is 24.6. The lowest BCUT2D eigenvalue weighted by molar-refractivity contribution is -0.197. The summed E-state index contributed by atoms with van der Waals surface area (Å²) in [5, 5.41) is 33.6. The molecule has 2 aliphatic heterocycles. The first kappa shape index (κ1) is 25.8. The lowest BCUT2D eigenvalue weighted by atomic mass is 10.2. The standard InChI is InChI=1S/2C8H8O8/c2*9-5(10)1-3-7(13)16-4(2-6(11)12)8(14)15-3/h2*3-4H,1-2H2,(H,9,10)(H,11,12)/t2*3-,4-/m10/s1. The molecule has 2 rings (SSSR count). The van der Waals surface area contributed by atoms with Gasteiger partial charge in [0.15, 0.2) is 0 Å². The van der Waals surface area contributed by atoms with E-state index in [1.807, 2.05) is 0 Å². The second-order valence-electron chi connectivity index (χ2n) is 6.09. The summed E-state index contributed by atoms with van der Waals surface area (Å²) in [6.45, 7) is 0. The predicted molar refractivity (Wildman–Crippen MR) is 88.5 cm³/mol. The Morgan fingerprint density at radius 3 is 0.750 bits per heavy atom. The molecule has 2 heterocycles. The zero-order valence-corrected chi connectivity index (χ0v) is 15.8. The Bertz CT molecular complexity index is 692. The summed E-state index contributed by atoms with van der Waals surface area (Å²) in [7, 11) is 0. The minimum atomic E-state index is -1.50. The number of carbonyl (C=O) groups excluding carboxylic acids is 4. The van der Waals surface area contributed by atoms with E-state index in [1.54, 1.807) is 0 Å². The topological polar surface area (TPSA) is 254 Å². The Kier molecular flexibility index (Phi) is 9.05. The molecule has 0 aromatic rings. The highest BCUT2D eigenvalue weighted by molar-refractivity contribution is 5.92. The van der Waals surface area contributed by atoms with Crippen LogP contribution in [0.25, 0.3) is 0 Å². The first-order valence-corrected chi connectivity index (χ1v) is 8.49. The largest absolute Gasteiger partial charge is 0.481 e. The molecule has 16 nitrogen and oxygen atoms in total. The van der Waals surface area contributed by atoms with Crippen LogP contribution in [0.1, 0.15) is 25.7 Å². The van der Waals surface area contributed by atoms with Crippen molar-refractivity contribution in [1.82, 2.24) is 0 Å².